The third-order valence-electron chi connectivity index (χ3n) is 4.38. The lowest BCUT2D eigenvalue weighted by atomic mass is 9.95. The second-order valence-corrected chi connectivity index (χ2v) is 6.26. The maximum atomic E-state index is 11.4. The third-order valence-corrected chi connectivity index (χ3v) is 4.38. The van der Waals surface area contributed by atoms with Crippen molar-refractivity contribution in [2.45, 2.75) is 68.3 Å². The average molecular weight is 383 g/mol. The molecule has 10 atom stereocenters. The number of hydrogen-bond donors (Lipinski definition) is 8. The van der Waals surface area contributed by atoms with Crippen molar-refractivity contribution in [1.82, 2.24) is 5.32 Å². The molecule has 2 heterocycles. The smallest absolute Gasteiger partial charge is 0.217 e. The molecule has 0 unspecified atom stereocenters. The second-order valence-electron chi connectivity index (χ2n) is 6.26. The topological polar surface area (TPSA) is 198 Å². The van der Waals surface area contributed by atoms with E-state index < -0.39 is 80.5 Å². The van der Waals surface area contributed by atoms with Crippen molar-refractivity contribution in [2.24, 2.45) is 0 Å². The highest BCUT2D eigenvalue weighted by Crippen LogP contribution is 2.28. The molecule has 12 nitrogen and oxygen atoms in total. The van der Waals surface area contributed by atoms with Crippen LogP contribution in [0.1, 0.15) is 6.92 Å². The first-order valence-electron chi connectivity index (χ1n) is 8.06. The van der Waals surface area contributed by atoms with E-state index in [4.69, 9.17) is 14.2 Å². The molecule has 152 valence electrons. The van der Waals surface area contributed by atoms with Gasteiger partial charge in [-0.15, -0.1) is 0 Å². The van der Waals surface area contributed by atoms with Crippen LogP contribution in [0.5, 0.6) is 0 Å². The normalized spacial score (nSPS) is 46.8. The number of carbonyl (C=O) groups is 1. The summed E-state index contributed by atoms with van der Waals surface area (Å²) in [7, 11) is 0. The number of nitrogens with one attached hydrogen (secondary N) is 1. The van der Waals surface area contributed by atoms with Gasteiger partial charge >= 0.3 is 0 Å². The lowest BCUT2D eigenvalue weighted by Gasteiger charge is -2.46. The highest BCUT2D eigenvalue weighted by atomic mass is 16.7. The predicted octanol–water partition coefficient (Wildman–Crippen LogP) is -5.25. The van der Waals surface area contributed by atoms with Gasteiger partial charge in [0.15, 0.2) is 12.6 Å². The molecule has 2 saturated heterocycles. The summed E-state index contributed by atoms with van der Waals surface area (Å²) >= 11 is 0. The number of aliphatic hydroxyl groups excluding tert-OH is 7. The molecule has 1 amide bonds. The van der Waals surface area contributed by atoms with Crippen LogP contribution in [0.4, 0.5) is 0 Å². The Hall–Kier alpha value is -0.930. The molecule has 0 aliphatic carbocycles. The second kappa shape index (κ2) is 8.84. The standard InChI is InChI=1S/C14H25NO11/c1-4(18)15-7-9(20)8(19)5(2-16)25-14(7)26-12-6(3-17)24-13(23)11(22)10(12)21/h5-14,16-17,19-23H,2-3H2,1H3,(H,15,18)/t5-,6-,7-,8+,9-,10-,11-,12-,13-,14+/m1/s1. The van der Waals surface area contributed by atoms with Crippen molar-refractivity contribution in [3.63, 3.8) is 0 Å². The molecule has 0 saturated carbocycles. The summed E-state index contributed by atoms with van der Waals surface area (Å²) in [5.41, 5.74) is 0. The van der Waals surface area contributed by atoms with E-state index in [1.807, 2.05) is 0 Å². The van der Waals surface area contributed by atoms with Crippen LogP contribution < -0.4 is 5.32 Å². The van der Waals surface area contributed by atoms with E-state index in [2.05, 4.69) is 5.32 Å². The number of ether oxygens (including phenoxy) is 3. The van der Waals surface area contributed by atoms with Gasteiger partial charge in [0.05, 0.1) is 13.2 Å². The number of aliphatic hydroxyl groups is 7. The summed E-state index contributed by atoms with van der Waals surface area (Å²) in [6.07, 6.45) is -13.6. The average Bonchev–Trinajstić information content (AvgIpc) is 2.60. The van der Waals surface area contributed by atoms with Crippen LogP contribution in [-0.2, 0) is 19.0 Å². The molecule has 0 radical (unpaired) electrons. The van der Waals surface area contributed by atoms with Crippen LogP contribution in [0, 0.1) is 0 Å². The van der Waals surface area contributed by atoms with Crippen LogP contribution in [0.15, 0.2) is 0 Å². The van der Waals surface area contributed by atoms with Crippen molar-refractivity contribution in [1.29, 1.82) is 0 Å². The summed E-state index contributed by atoms with van der Waals surface area (Å²) in [5.74, 6) is -0.574. The molecular formula is C14H25NO11. The van der Waals surface area contributed by atoms with Crippen LogP contribution in [-0.4, -0.2) is 116 Å². The molecule has 2 rings (SSSR count). The van der Waals surface area contributed by atoms with Crippen molar-refractivity contribution in [3.8, 4) is 0 Å². The summed E-state index contributed by atoms with van der Waals surface area (Å²) in [4.78, 5) is 11.4. The first kappa shape index (κ1) is 21.4. The van der Waals surface area contributed by atoms with Gasteiger partial charge < -0.3 is 55.3 Å². The quantitative estimate of drug-likeness (QED) is 0.226. The Morgan fingerprint density at radius 3 is 2.08 bits per heavy atom. The van der Waals surface area contributed by atoms with Gasteiger partial charge in [-0.3, -0.25) is 4.79 Å². The Bertz CT molecular complexity index is 478. The van der Waals surface area contributed by atoms with E-state index in [1.165, 1.54) is 0 Å². The summed E-state index contributed by atoms with van der Waals surface area (Å²) in [6.45, 7) is -0.194. The number of hydrogen-bond acceptors (Lipinski definition) is 11. The van der Waals surface area contributed by atoms with Crippen LogP contribution >= 0.6 is 0 Å². The van der Waals surface area contributed by atoms with Gasteiger partial charge in [0.1, 0.15) is 48.8 Å². The number of carbonyl (C=O) groups excluding carboxylic acids is 1. The van der Waals surface area contributed by atoms with E-state index in [-0.39, 0.29) is 0 Å². The lowest BCUT2D eigenvalue weighted by molar-refractivity contribution is -0.341. The van der Waals surface area contributed by atoms with E-state index in [0.29, 0.717) is 0 Å². The van der Waals surface area contributed by atoms with Gasteiger partial charge in [-0.05, 0) is 0 Å². The van der Waals surface area contributed by atoms with Gasteiger partial charge in [-0.25, -0.2) is 0 Å². The van der Waals surface area contributed by atoms with E-state index in [1.54, 1.807) is 0 Å². The van der Waals surface area contributed by atoms with Crippen LogP contribution in [0.2, 0.25) is 0 Å². The Morgan fingerprint density at radius 2 is 1.54 bits per heavy atom. The predicted molar refractivity (Wildman–Crippen MR) is 80.2 cm³/mol. The highest BCUT2D eigenvalue weighted by Gasteiger charge is 2.50. The molecule has 0 aromatic heterocycles. The Morgan fingerprint density at radius 1 is 0.923 bits per heavy atom. The molecule has 26 heavy (non-hydrogen) atoms. The Labute approximate surface area is 148 Å². The first-order valence-corrected chi connectivity index (χ1v) is 8.06. The minimum absolute atomic E-state index is 0.574. The van der Waals surface area contributed by atoms with Gasteiger partial charge in [0.25, 0.3) is 0 Å². The van der Waals surface area contributed by atoms with E-state index >= 15 is 0 Å². The monoisotopic (exact) mass is 383 g/mol. The molecule has 0 aromatic carbocycles. The zero-order valence-electron chi connectivity index (χ0n) is 14.0. The maximum Gasteiger partial charge on any atom is 0.217 e. The highest BCUT2D eigenvalue weighted by molar-refractivity contribution is 5.73. The fourth-order valence-electron chi connectivity index (χ4n) is 2.98. The number of amides is 1. The molecule has 0 bridgehead atoms. The molecule has 12 heteroatoms. The van der Waals surface area contributed by atoms with Crippen LogP contribution in [0.3, 0.4) is 0 Å². The Kier molecular flexibility index (Phi) is 7.27. The summed E-state index contributed by atoms with van der Waals surface area (Å²) < 4.78 is 15.8. The minimum atomic E-state index is -1.75. The molecule has 0 spiro atoms. The van der Waals surface area contributed by atoms with Crippen LogP contribution in [0.25, 0.3) is 0 Å². The number of rotatable bonds is 5. The van der Waals surface area contributed by atoms with Gasteiger partial charge in [-0.2, -0.15) is 0 Å². The minimum Gasteiger partial charge on any atom is -0.394 e. The third kappa shape index (κ3) is 4.31. The first-order chi connectivity index (χ1) is 12.2. The van der Waals surface area contributed by atoms with Crippen molar-refractivity contribution < 1.29 is 54.8 Å². The molecule has 2 aliphatic rings. The van der Waals surface area contributed by atoms with Crippen molar-refractivity contribution in [2.75, 3.05) is 13.2 Å². The molecule has 2 fully saturated rings. The SMILES string of the molecule is CC(=O)N[C@H]1[C@H](O[C@H]2[C@H](O)[C@@H](O)[C@H](O)O[C@@H]2CO)O[C@H](CO)[C@H](O)[C@@H]1O. The lowest BCUT2D eigenvalue weighted by Crippen LogP contribution is -2.67. The van der Waals surface area contributed by atoms with Gasteiger partial charge in [0.2, 0.25) is 5.91 Å². The molecular weight excluding hydrogens is 358 g/mol. The largest absolute Gasteiger partial charge is 0.394 e. The van der Waals surface area contributed by atoms with E-state index in [9.17, 15) is 40.5 Å². The zero-order valence-corrected chi connectivity index (χ0v) is 14.0. The van der Waals surface area contributed by atoms with Crippen molar-refractivity contribution >= 4 is 5.91 Å². The van der Waals surface area contributed by atoms with Gasteiger partial charge in [0, 0.05) is 6.92 Å². The molecule has 0 aromatic rings. The Balaban J connectivity index is 2.22. The zero-order chi connectivity index (χ0) is 19.6. The fraction of sp³-hybridized carbons (Fsp3) is 0.929. The van der Waals surface area contributed by atoms with E-state index in [0.717, 1.165) is 6.92 Å². The maximum absolute atomic E-state index is 11.4. The molecule has 2 aliphatic heterocycles. The molecule has 8 N–H and O–H groups in total. The summed E-state index contributed by atoms with van der Waals surface area (Å²) in [5, 5.41) is 70.5. The summed E-state index contributed by atoms with van der Waals surface area (Å²) in [6, 6.07) is -1.28. The fourth-order valence-corrected chi connectivity index (χ4v) is 2.98. The van der Waals surface area contributed by atoms with Crippen molar-refractivity contribution in [3.05, 3.63) is 0 Å². The van der Waals surface area contributed by atoms with Gasteiger partial charge in [-0.1, -0.05) is 0 Å².